The highest BCUT2D eigenvalue weighted by Gasteiger charge is 2.16. The highest BCUT2D eigenvalue weighted by molar-refractivity contribution is 7.21. The molecular weight excluding hydrogens is 377 g/mol. The molecule has 4 aromatic rings. The fourth-order valence-corrected chi connectivity index (χ4v) is 3.94. The molecule has 0 unspecified atom stereocenters. The predicted molar refractivity (Wildman–Crippen MR) is 110 cm³/mol. The number of hydrogen-bond acceptors (Lipinski definition) is 6. The van der Waals surface area contributed by atoms with Gasteiger partial charge in [0, 0.05) is 17.7 Å². The van der Waals surface area contributed by atoms with Crippen LogP contribution in [0, 0.1) is 12.7 Å². The number of aromatic nitrogens is 3. The van der Waals surface area contributed by atoms with Crippen LogP contribution in [0.3, 0.4) is 0 Å². The molecular formula is C21H20FN3O2S. The molecule has 4 rings (SSSR count). The Kier molecular flexibility index (Phi) is 4.85. The number of halogens is 1. The second-order valence-corrected chi connectivity index (χ2v) is 7.73. The van der Waals surface area contributed by atoms with Gasteiger partial charge in [0.15, 0.2) is 11.6 Å². The molecule has 0 aliphatic heterocycles. The van der Waals surface area contributed by atoms with Crippen LogP contribution in [0.1, 0.15) is 25.8 Å². The fourth-order valence-electron chi connectivity index (χ4n) is 2.94. The number of thiazole rings is 1. The topological polar surface area (TPSA) is 57.1 Å². The molecule has 0 aliphatic rings. The van der Waals surface area contributed by atoms with E-state index < -0.39 is 5.82 Å². The molecule has 0 saturated heterocycles. The summed E-state index contributed by atoms with van der Waals surface area (Å²) < 4.78 is 26.2. The standard InChI is InChI=1S/C21H20FN3O2S/c1-5-12(3)27-17-9-18-15(8-14(17)22)25-21(28-18)13-6-11(2)7-16-20(13)23-10-19(24-16)26-4/h6-10,12H,5H2,1-4H3/t12-/m0/s1. The number of benzene rings is 2. The third-order valence-electron chi connectivity index (χ3n) is 4.55. The average molecular weight is 397 g/mol. The molecule has 0 fully saturated rings. The maximum absolute atomic E-state index is 14.4. The first-order valence-electron chi connectivity index (χ1n) is 9.07. The van der Waals surface area contributed by atoms with Crippen LogP contribution in [0.4, 0.5) is 4.39 Å². The van der Waals surface area contributed by atoms with Crippen molar-refractivity contribution in [1.82, 2.24) is 15.0 Å². The molecule has 28 heavy (non-hydrogen) atoms. The molecule has 2 aromatic heterocycles. The Morgan fingerprint density at radius 2 is 1.96 bits per heavy atom. The van der Waals surface area contributed by atoms with Gasteiger partial charge in [-0.2, -0.15) is 0 Å². The lowest BCUT2D eigenvalue weighted by atomic mass is 10.1. The zero-order chi connectivity index (χ0) is 19.8. The Hall–Kier alpha value is -2.80. The van der Waals surface area contributed by atoms with Gasteiger partial charge in [-0.15, -0.1) is 11.3 Å². The fraction of sp³-hybridized carbons (Fsp3) is 0.286. The second-order valence-electron chi connectivity index (χ2n) is 6.70. The number of methoxy groups -OCH3 is 1. The van der Waals surface area contributed by atoms with E-state index in [9.17, 15) is 4.39 Å². The summed E-state index contributed by atoms with van der Waals surface area (Å²) in [5, 5.41) is 0.767. The average Bonchev–Trinajstić information content (AvgIpc) is 3.09. The monoisotopic (exact) mass is 397 g/mol. The lowest BCUT2D eigenvalue weighted by molar-refractivity contribution is 0.208. The summed E-state index contributed by atoms with van der Waals surface area (Å²) in [6.45, 7) is 5.92. The van der Waals surface area contributed by atoms with Gasteiger partial charge < -0.3 is 9.47 Å². The van der Waals surface area contributed by atoms with Gasteiger partial charge in [0.05, 0.1) is 40.7 Å². The maximum Gasteiger partial charge on any atom is 0.232 e. The molecule has 0 aliphatic carbocycles. The first-order valence-corrected chi connectivity index (χ1v) is 9.88. The summed E-state index contributed by atoms with van der Waals surface area (Å²) in [5.74, 6) is 0.321. The van der Waals surface area contributed by atoms with Crippen molar-refractivity contribution < 1.29 is 13.9 Å². The third-order valence-corrected chi connectivity index (χ3v) is 5.61. The van der Waals surface area contributed by atoms with Gasteiger partial charge in [-0.25, -0.2) is 19.3 Å². The highest BCUT2D eigenvalue weighted by Crippen LogP contribution is 2.37. The zero-order valence-electron chi connectivity index (χ0n) is 16.1. The van der Waals surface area contributed by atoms with E-state index in [2.05, 4.69) is 15.0 Å². The minimum Gasteiger partial charge on any atom is -0.488 e. The number of hydrogen-bond donors (Lipinski definition) is 0. The molecule has 0 bridgehead atoms. The van der Waals surface area contributed by atoms with E-state index in [0.717, 1.165) is 38.3 Å². The Balaban J connectivity index is 1.85. The van der Waals surface area contributed by atoms with Crippen molar-refractivity contribution in [3.8, 4) is 22.2 Å². The molecule has 0 saturated carbocycles. The Morgan fingerprint density at radius 3 is 2.71 bits per heavy atom. The molecule has 0 amide bonds. The first-order chi connectivity index (χ1) is 13.5. The van der Waals surface area contributed by atoms with Crippen LogP contribution in [0.5, 0.6) is 11.6 Å². The van der Waals surface area contributed by atoms with E-state index >= 15 is 0 Å². The van der Waals surface area contributed by atoms with Gasteiger partial charge in [-0.1, -0.05) is 6.92 Å². The molecule has 144 valence electrons. The van der Waals surface area contributed by atoms with Crippen molar-refractivity contribution in [3.05, 3.63) is 41.8 Å². The predicted octanol–water partition coefficient (Wildman–Crippen LogP) is 5.54. The van der Waals surface area contributed by atoms with Crippen LogP contribution >= 0.6 is 11.3 Å². The summed E-state index contributed by atoms with van der Waals surface area (Å²) >= 11 is 1.48. The molecule has 0 N–H and O–H groups in total. The largest absolute Gasteiger partial charge is 0.488 e. The molecule has 1 atom stereocenters. The Morgan fingerprint density at radius 1 is 1.14 bits per heavy atom. The number of fused-ring (bicyclic) bond motifs is 2. The summed E-state index contributed by atoms with van der Waals surface area (Å²) in [6, 6.07) is 7.14. The van der Waals surface area contributed by atoms with Gasteiger partial charge in [0.2, 0.25) is 5.88 Å². The molecule has 2 aromatic carbocycles. The lowest BCUT2D eigenvalue weighted by Gasteiger charge is -2.12. The third kappa shape index (κ3) is 3.38. The smallest absolute Gasteiger partial charge is 0.232 e. The number of ether oxygens (including phenoxy) is 2. The molecule has 0 radical (unpaired) electrons. The molecule has 0 spiro atoms. The van der Waals surface area contributed by atoms with Gasteiger partial charge in [-0.05, 0) is 38.0 Å². The molecule has 7 heteroatoms. The van der Waals surface area contributed by atoms with Crippen molar-refractivity contribution in [1.29, 1.82) is 0 Å². The van der Waals surface area contributed by atoms with E-state index in [0.29, 0.717) is 11.4 Å². The summed E-state index contributed by atoms with van der Waals surface area (Å²) in [5.41, 5.74) is 3.99. The quantitative estimate of drug-likeness (QED) is 0.442. The van der Waals surface area contributed by atoms with E-state index in [-0.39, 0.29) is 11.9 Å². The molecule has 2 heterocycles. The van der Waals surface area contributed by atoms with E-state index in [1.807, 2.05) is 32.9 Å². The van der Waals surface area contributed by atoms with Crippen molar-refractivity contribution in [2.24, 2.45) is 0 Å². The molecule has 5 nitrogen and oxygen atoms in total. The van der Waals surface area contributed by atoms with Crippen LogP contribution in [0.2, 0.25) is 0 Å². The van der Waals surface area contributed by atoms with Gasteiger partial charge >= 0.3 is 0 Å². The van der Waals surface area contributed by atoms with Crippen molar-refractivity contribution >= 4 is 32.6 Å². The maximum atomic E-state index is 14.4. The Labute approximate surface area is 166 Å². The minimum atomic E-state index is -0.400. The first kappa shape index (κ1) is 18.6. The van der Waals surface area contributed by atoms with Crippen LogP contribution in [-0.4, -0.2) is 28.2 Å². The number of nitrogens with zero attached hydrogens (tertiary/aromatic N) is 3. The van der Waals surface area contributed by atoms with E-state index in [1.54, 1.807) is 19.4 Å². The Bertz CT molecular complexity index is 1180. The number of aryl methyl sites for hydroxylation is 1. The summed E-state index contributed by atoms with van der Waals surface area (Å²) in [6.07, 6.45) is 2.35. The van der Waals surface area contributed by atoms with E-state index in [4.69, 9.17) is 9.47 Å². The SMILES string of the molecule is CC[C@H](C)Oc1cc2sc(-c3cc(C)cc4nc(OC)cnc34)nc2cc1F. The van der Waals surface area contributed by atoms with Crippen LogP contribution in [0.25, 0.3) is 31.8 Å². The van der Waals surface area contributed by atoms with Crippen LogP contribution < -0.4 is 9.47 Å². The van der Waals surface area contributed by atoms with Gasteiger partial charge in [0.1, 0.15) is 5.01 Å². The zero-order valence-corrected chi connectivity index (χ0v) is 16.9. The van der Waals surface area contributed by atoms with Gasteiger partial charge in [0.25, 0.3) is 0 Å². The minimum absolute atomic E-state index is 0.0506. The second kappa shape index (κ2) is 7.31. The number of rotatable bonds is 5. The highest BCUT2D eigenvalue weighted by atomic mass is 32.1. The van der Waals surface area contributed by atoms with Crippen molar-refractivity contribution in [3.63, 3.8) is 0 Å². The lowest BCUT2D eigenvalue weighted by Crippen LogP contribution is -2.10. The van der Waals surface area contributed by atoms with Crippen LogP contribution in [-0.2, 0) is 0 Å². The van der Waals surface area contributed by atoms with Crippen LogP contribution in [0.15, 0.2) is 30.5 Å². The normalized spacial score (nSPS) is 12.5. The van der Waals surface area contributed by atoms with Crippen molar-refractivity contribution in [2.45, 2.75) is 33.3 Å². The van der Waals surface area contributed by atoms with Crippen molar-refractivity contribution in [2.75, 3.05) is 7.11 Å². The summed E-state index contributed by atoms with van der Waals surface area (Å²) in [4.78, 5) is 13.6. The van der Waals surface area contributed by atoms with E-state index in [1.165, 1.54) is 17.4 Å². The summed E-state index contributed by atoms with van der Waals surface area (Å²) in [7, 11) is 1.56. The van der Waals surface area contributed by atoms with Gasteiger partial charge in [-0.3, -0.25) is 0 Å².